The summed E-state index contributed by atoms with van der Waals surface area (Å²) in [5.74, 6) is -0.421. The molecule has 0 bridgehead atoms. The summed E-state index contributed by atoms with van der Waals surface area (Å²) in [4.78, 5) is 2.03. The summed E-state index contributed by atoms with van der Waals surface area (Å²) in [5.41, 5.74) is 3.43. The number of hydrazone groups is 1. The number of hydrogen-bond donors (Lipinski definition) is 1. The van der Waals surface area contributed by atoms with Crippen molar-refractivity contribution in [2.24, 2.45) is 5.10 Å². The van der Waals surface area contributed by atoms with Gasteiger partial charge in [0, 0.05) is 19.2 Å². The number of halogens is 1. The van der Waals surface area contributed by atoms with Gasteiger partial charge in [-0.3, -0.25) is 5.43 Å². The maximum atomic E-state index is 13.3. The van der Waals surface area contributed by atoms with E-state index in [0.717, 1.165) is 5.69 Å². The van der Waals surface area contributed by atoms with Gasteiger partial charge in [-0.1, -0.05) is 0 Å². The van der Waals surface area contributed by atoms with E-state index in [2.05, 4.69) is 10.5 Å². The third-order valence-electron chi connectivity index (χ3n) is 2.81. The zero-order valence-corrected chi connectivity index (χ0v) is 10.6. The molecule has 0 radical (unpaired) electrons. The molecule has 6 nitrogen and oxygen atoms in total. The predicted molar refractivity (Wildman–Crippen MR) is 71.7 cm³/mol. The van der Waals surface area contributed by atoms with Crippen molar-refractivity contribution < 1.29 is 9.13 Å². The van der Waals surface area contributed by atoms with Gasteiger partial charge in [-0.15, -0.1) is 0 Å². The van der Waals surface area contributed by atoms with Crippen LogP contribution in [0, 0.1) is 28.5 Å². The minimum absolute atomic E-state index is 0.317. The van der Waals surface area contributed by atoms with Crippen molar-refractivity contribution in [3.05, 3.63) is 24.0 Å². The van der Waals surface area contributed by atoms with Gasteiger partial charge in [-0.25, -0.2) is 4.39 Å². The van der Waals surface area contributed by atoms with Crippen LogP contribution >= 0.6 is 0 Å². The lowest BCUT2D eigenvalue weighted by Crippen LogP contribution is -2.36. The van der Waals surface area contributed by atoms with Gasteiger partial charge in [0.1, 0.15) is 18.0 Å². The maximum Gasteiger partial charge on any atom is 0.237 e. The fourth-order valence-corrected chi connectivity index (χ4v) is 1.87. The van der Waals surface area contributed by atoms with Gasteiger partial charge in [-0.2, -0.15) is 15.6 Å². The van der Waals surface area contributed by atoms with Gasteiger partial charge in [0.25, 0.3) is 0 Å². The highest BCUT2D eigenvalue weighted by atomic mass is 19.1. The first-order chi connectivity index (χ1) is 9.74. The Morgan fingerprint density at radius 3 is 2.65 bits per heavy atom. The van der Waals surface area contributed by atoms with Crippen molar-refractivity contribution in [3.63, 3.8) is 0 Å². The molecule has 1 fully saturated rings. The Hall–Kier alpha value is -2.64. The van der Waals surface area contributed by atoms with E-state index in [4.69, 9.17) is 15.3 Å². The molecule has 0 spiro atoms. The normalized spacial score (nSPS) is 14.1. The van der Waals surface area contributed by atoms with Gasteiger partial charge in [-0.05, 0) is 12.1 Å². The lowest BCUT2D eigenvalue weighted by Gasteiger charge is -2.30. The second kappa shape index (κ2) is 6.50. The van der Waals surface area contributed by atoms with E-state index in [-0.39, 0.29) is 5.71 Å². The fourth-order valence-electron chi connectivity index (χ4n) is 1.87. The number of rotatable bonds is 3. The van der Waals surface area contributed by atoms with Crippen LogP contribution in [-0.4, -0.2) is 32.0 Å². The third kappa shape index (κ3) is 3.22. The molecule has 1 heterocycles. The summed E-state index contributed by atoms with van der Waals surface area (Å²) in [7, 11) is 0. The minimum atomic E-state index is -0.421. The molecule has 0 aromatic heterocycles. The van der Waals surface area contributed by atoms with Crippen molar-refractivity contribution in [2.45, 2.75) is 0 Å². The van der Waals surface area contributed by atoms with Crippen molar-refractivity contribution in [3.8, 4) is 12.1 Å². The number of nitrogens with one attached hydrogen (secondary N) is 1. The first kappa shape index (κ1) is 13.8. The molecule has 102 valence electrons. The van der Waals surface area contributed by atoms with Gasteiger partial charge < -0.3 is 9.64 Å². The number of morpholine rings is 1. The highest BCUT2D eigenvalue weighted by Gasteiger charge is 2.15. The molecule has 0 saturated carbocycles. The highest BCUT2D eigenvalue weighted by Crippen LogP contribution is 2.27. The lowest BCUT2D eigenvalue weighted by molar-refractivity contribution is 0.123. The molecule has 1 saturated heterocycles. The molecule has 1 aliphatic heterocycles. The first-order valence-electron chi connectivity index (χ1n) is 6.00. The number of nitrogens with zero attached hydrogens (tertiary/aromatic N) is 4. The molecule has 1 N–H and O–H groups in total. The molecule has 0 aliphatic carbocycles. The van der Waals surface area contributed by atoms with Gasteiger partial charge in [0.15, 0.2) is 0 Å². The van der Waals surface area contributed by atoms with Crippen molar-refractivity contribution in [1.82, 2.24) is 0 Å². The van der Waals surface area contributed by atoms with Crippen LogP contribution in [0.3, 0.4) is 0 Å². The molecule has 1 aliphatic rings. The second-order valence-electron chi connectivity index (χ2n) is 4.06. The summed E-state index contributed by atoms with van der Waals surface area (Å²) in [6, 6.07) is 7.54. The molecule has 2 rings (SSSR count). The largest absolute Gasteiger partial charge is 0.378 e. The van der Waals surface area contributed by atoms with E-state index < -0.39 is 5.82 Å². The number of ether oxygens (including phenoxy) is 1. The summed E-state index contributed by atoms with van der Waals surface area (Å²) in [6.45, 7) is 2.57. The molecule has 7 heteroatoms. The molecule has 0 amide bonds. The van der Waals surface area contributed by atoms with E-state index in [1.54, 1.807) is 18.2 Å². The van der Waals surface area contributed by atoms with Crippen molar-refractivity contribution in [1.29, 1.82) is 10.5 Å². The zero-order chi connectivity index (χ0) is 14.4. The smallest absolute Gasteiger partial charge is 0.237 e. The Kier molecular flexibility index (Phi) is 4.48. The van der Waals surface area contributed by atoms with E-state index in [1.165, 1.54) is 12.1 Å². The average Bonchev–Trinajstić information content (AvgIpc) is 2.49. The minimum Gasteiger partial charge on any atom is -0.378 e. The maximum absolute atomic E-state index is 13.3. The quantitative estimate of drug-likeness (QED) is 0.666. The molecule has 1 aromatic carbocycles. The molecular weight excluding hydrogens is 261 g/mol. The topological polar surface area (TPSA) is 84.4 Å². The van der Waals surface area contributed by atoms with Crippen LogP contribution in [-0.2, 0) is 4.74 Å². The van der Waals surface area contributed by atoms with E-state index >= 15 is 0 Å². The van der Waals surface area contributed by atoms with Crippen LogP contribution in [0.1, 0.15) is 0 Å². The van der Waals surface area contributed by atoms with Crippen LogP contribution in [0.4, 0.5) is 15.8 Å². The van der Waals surface area contributed by atoms with Gasteiger partial charge in [0.2, 0.25) is 5.71 Å². The van der Waals surface area contributed by atoms with Crippen LogP contribution < -0.4 is 10.3 Å². The van der Waals surface area contributed by atoms with Crippen molar-refractivity contribution >= 4 is 17.1 Å². The van der Waals surface area contributed by atoms with Crippen LogP contribution in [0.25, 0.3) is 0 Å². The Bertz CT molecular complexity index is 580. The Morgan fingerprint density at radius 1 is 1.30 bits per heavy atom. The standard InChI is InChI=1S/C13H12FN5O/c14-10-1-2-13(19-3-5-20-6-4-19)12(7-10)18-17-11(8-15)9-16/h1-2,7,18H,3-6H2. The molecular formula is C13H12FN5O. The van der Waals surface area contributed by atoms with E-state index in [1.807, 2.05) is 4.90 Å². The summed E-state index contributed by atoms with van der Waals surface area (Å²) in [5, 5.41) is 20.9. The predicted octanol–water partition coefficient (Wildman–Crippen LogP) is 1.48. The van der Waals surface area contributed by atoms with Gasteiger partial charge in [0.05, 0.1) is 24.6 Å². The zero-order valence-electron chi connectivity index (χ0n) is 10.6. The summed E-state index contributed by atoms with van der Waals surface area (Å²) in [6.07, 6.45) is 0. The molecule has 0 unspecified atom stereocenters. The number of anilines is 2. The molecule has 0 atom stereocenters. The van der Waals surface area contributed by atoms with E-state index in [0.29, 0.717) is 32.0 Å². The first-order valence-corrected chi connectivity index (χ1v) is 6.00. The SMILES string of the molecule is N#CC(C#N)=NNc1cc(F)ccc1N1CCOCC1. The lowest BCUT2D eigenvalue weighted by atomic mass is 10.2. The van der Waals surface area contributed by atoms with E-state index in [9.17, 15) is 4.39 Å². The number of hydrogen-bond acceptors (Lipinski definition) is 6. The average molecular weight is 273 g/mol. The van der Waals surface area contributed by atoms with Crippen molar-refractivity contribution in [2.75, 3.05) is 36.6 Å². The summed E-state index contributed by atoms with van der Waals surface area (Å²) < 4.78 is 18.6. The van der Waals surface area contributed by atoms with Crippen LogP contribution in [0.5, 0.6) is 0 Å². The Morgan fingerprint density at radius 2 is 2.00 bits per heavy atom. The number of benzene rings is 1. The summed E-state index contributed by atoms with van der Waals surface area (Å²) >= 11 is 0. The van der Waals surface area contributed by atoms with Crippen LogP contribution in [0.2, 0.25) is 0 Å². The second-order valence-corrected chi connectivity index (χ2v) is 4.06. The third-order valence-corrected chi connectivity index (χ3v) is 2.81. The van der Waals surface area contributed by atoms with Gasteiger partial charge >= 0.3 is 0 Å². The molecule has 1 aromatic rings. The monoisotopic (exact) mass is 273 g/mol. The van der Waals surface area contributed by atoms with Crippen LogP contribution in [0.15, 0.2) is 23.3 Å². The Labute approximate surface area is 115 Å². The number of nitriles is 2. The molecule has 20 heavy (non-hydrogen) atoms. The fraction of sp³-hybridized carbons (Fsp3) is 0.308. The Balaban J connectivity index is 2.26. The highest BCUT2D eigenvalue weighted by molar-refractivity contribution is 6.10.